The van der Waals surface area contributed by atoms with Gasteiger partial charge in [0, 0.05) is 13.1 Å². The van der Waals surface area contributed by atoms with Crippen molar-refractivity contribution in [1.82, 2.24) is 15.5 Å². The number of likely N-dealkylation sites (tertiary alicyclic amines) is 1. The van der Waals surface area contributed by atoms with Gasteiger partial charge in [-0.05, 0) is 32.4 Å². The molecule has 0 radical (unpaired) electrons. The standard InChI is InChI=1S/C10H18F3N3O/c1-16-4-2-3-8(6-16)5-14-9(17)15-7-10(11,12)13/h8H,2-7H2,1H3,(H2,14,15,17). The fourth-order valence-corrected chi connectivity index (χ4v) is 1.92. The van der Waals surface area contributed by atoms with E-state index in [-0.39, 0.29) is 0 Å². The lowest BCUT2D eigenvalue weighted by atomic mass is 9.99. The zero-order chi connectivity index (χ0) is 12.9. The molecule has 0 aromatic carbocycles. The van der Waals surface area contributed by atoms with Crippen LogP contribution in [0.2, 0.25) is 0 Å². The van der Waals surface area contributed by atoms with Gasteiger partial charge in [-0.3, -0.25) is 0 Å². The van der Waals surface area contributed by atoms with Gasteiger partial charge in [-0.2, -0.15) is 13.2 Å². The van der Waals surface area contributed by atoms with Gasteiger partial charge in [0.15, 0.2) is 0 Å². The van der Waals surface area contributed by atoms with Crippen LogP contribution in [-0.4, -0.2) is 50.3 Å². The number of nitrogens with one attached hydrogen (secondary N) is 2. The Bertz CT molecular complexity index is 258. The second-order valence-corrected chi connectivity index (χ2v) is 4.45. The van der Waals surface area contributed by atoms with Crippen LogP contribution in [0.5, 0.6) is 0 Å². The normalized spacial score (nSPS) is 22.2. The first kappa shape index (κ1) is 14.1. The first-order valence-corrected chi connectivity index (χ1v) is 5.64. The predicted molar refractivity (Wildman–Crippen MR) is 57.7 cm³/mol. The zero-order valence-corrected chi connectivity index (χ0v) is 9.81. The van der Waals surface area contributed by atoms with Crippen molar-refractivity contribution in [2.75, 3.05) is 33.2 Å². The van der Waals surface area contributed by atoms with Crippen LogP contribution in [0.25, 0.3) is 0 Å². The van der Waals surface area contributed by atoms with E-state index in [4.69, 9.17) is 0 Å². The largest absolute Gasteiger partial charge is 0.405 e. The van der Waals surface area contributed by atoms with Crippen molar-refractivity contribution in [2.45, 2.75) is 19.0 Å². The number of carbonyl (C=O) groups is 1. The summed E-state index contributed by atoms with van der Waals surface area (Å²) >= 11 is 0. The number of hydrogen-bond acceptors (Lipinski definition) is 2. The van der Waals surface area contributed by atoms with Gasteiger partial charge in [-0.1, -0.05) is 0 Å². The Morgan fingerprint density at radius 1 is 1.41 bits per heavy atom. The Balaban J connectivity index is 2.15. The van der Waals surface area contributed by atoms with Gasteiger partial charge in [-0.15, -0.1) is 0 Å². The molecule has 2 amide bonds. The lowest BCUT2D eigenvalue weighted by Gasteiger charge is -2.29. The summed E-state index contributed by atoms with van der Waals surface area (Å²) in [5, 5.41) is 4.25. The van der Waals surface area contributed by atoms with Crippen LogP contribution >= 0.6 is 0 Å². The van der Waals surface area contributed by atoms with Crippen LogP contribution in [0.3, 0.4) is 0 Å². The number of alkyl halides is 3. The number of piperidine rings is 1. The van der Waals surface area contributed by atoms with Gasteiger partial charge in [0.2, 0.25) is 0 Å². The van der Waals surface area contributed by atoms with Crippen LogP contribution in [0.4, 0.5) is 18.0 Å². The van der Waals surface area contributed by atoms with Crippen LogP contribution in [0, 0.1) is 5.92 Å². The van der Waals surface area contributed by atoms with E-state index >= 15 is 0 Å². The van der Waals surface area contributed by atoms with E-state index in [0.29, 0.717) is 12.5 Å². The number of hydrogen-bond donors (Lipinski definition) is 2. The van der Waals surface area contributed by atoms with Crippen molar-refractivity contribution >= 4 is 6.03 Å². The molecule has 0 spiro atoms. The molecule has 1 heterocycles. The number of halogens is 3. The molecule has 2 N–H and O–H groups in total. The summed E-state index contributed by atoms with van der Waals surface area (Å²) in [6.45, 7) is 1.05. The van der Waals surface area contributed by atoms with Crippen molar-refractivity contribution in [3.05, 3.63) is 0 Å². The van der Waals surface area contributed by atoms with Crippen molar-refractivity contribution in [1.29, 1.82) is 0 Å². The Hall–Kier alpha value is -0.980. The second-order valence-electron chi connectivity index (χ2n) is 4.45. The van der Waals surface area contributed by atoms with Crippen molar-refractivity contribution < 1.29 is 18.0 Å². The van der Waals surface area contributed by atoms with Gasteiger partial charge >= 0.3 is 12.2 Å². The third kappa shape index (κ3) is 6.35. The first-order chi connectivity index (χ1) is 7.87. The molecule has 1 unspecified atom stereocenters. The van der Waals surface area contributed by atoms with Crippen molar-refractivity contribution in [3.63, 3.8) is 0 Å². The molecule has 0 bridgehead atoms. The van der Waals surface area contributed by atoms with E-state index in [1.165, 1.54) is 0 Å². The van der Waals surface area contributed by atoms with Gasteiger partial charge in [-0.25, -0.2) is 4.79 Å². The van der Waals surface area contributed by atoms with Gasteiger partial charge in [0.25, 0.3) is 0 Å². The zero-order valence-electron chi connectivity index (χ0n) is 9.81. The quantitative estimate of drug-likeness (QED) is 0.793. The summed E-state index contributed by atoms with van der Waals surface area (Å²) in [6, 6.07) is -0.754. The Morgan fingerprint density at radius 2 is 2.12 bits per heavy atom. The Kier molecular flexibility index (Phi) is 5.04. The molecule has 0 aromatic heterocycles. The molecular formula is C10H18F3N3O. The number of nitrogens with zero attached hydrogens (tertiary/aromatic N) is 1. The van der Waals surface area contributed by atoms with E-state index in [1.54, 1.807) is 5.32 Å². The summed E-state index contributed by atoms with van der Waals surface area (Å²) in [6.07, 6.45) is -2.29. The number of amides is 2. The highest BCUT2D eigenvalue weighted by atomic mass is 19.4. The molecular weight excluding hydrogens is 235 g/mol. The lowest BCUT2D eigenvalue weighted by molar-refractivity contribution is -0.122. The minimum Gasteiger partial charge on any atom is -0.338 e. The predicted octanol–water partition coefficient (Wildman–Crippen LogP) is 1.19. The third-order valence-corrected chi connectivity index (χ3v) is 2.72. The monoisotopic (exact) mass is 253 g/mol. The molecule has 1 saturated heterocycles. The van der Waals surface area contributed by atoms with Crippen LogP contribution in [-0.2, 0) is 0 Å². The maximum Gasteiger partial charge on any atom is 0.405 e. The fourth-order valence-electron chi connectivity index (χ4n) is 1.92. The SMILES string of the molecule is CN1CCCC(CNC(=O)NCC(F)(F)F)C1. The van der Waals surface area contributed by atoms with Crippen molar-refractivity contribution in [3.8, 4) is 0 Å². The molecule has 4 nitrogen and oxygen atoms in total. The number of carbonyl (C=O) groups excluding carboxylic acids is 1. The Morgan fingerprint density at radius 3 is 2.71 bits per heavy atom. The maximum atomic E-state index is 11.8. The summed E-state index contributed by atoms with van der Waals surface area (Å²) in [7, 11) is 2.00. The van der Waals surface area contributed by atoms with E-state index in [9.17, 15) is 18.0 Å². The third-order valence-electron chi connectivity index (χ3n) is 2.72. The van der Waals surface area contributed by atoms with Crippen LogP contribution < -0.4 is 10.6 Å². The lowest BCUT2D eigenvalue weighted by Crippen LogP contribution is -2.44. The highest BCUT2D eigenvalue weighted by Gasteiger charge is 2.27. The van der Waals surface area contributed by atoms with Crippen LogP contribution in [0.15, 0.2) is 0 Å². The number of rotatable bonds is 3. The van der Waals surface area contributed by atoms with Crippen molar-refractivity contribution in [2.24, 2.45) is 5.92 Å². The number of urea groups is 1. The summed E-state index contributed by atoms with van der Waals surface area (Å²) in [4.78, 5) is 13.2. The molecule has 7 heteroatoms. The topological polar surface area (TPSA) is 44.4 Å². The highest BCUT2D eigenvalue weighted by Crippen LogP contribution is 2.14. The molecule has 1 aliphatic rings. The molecule has 1 fully saturated rings. The second kappa shape index (κ2) is 6.09. The van der Waals surface area contributed by atoms with E-state index in [0.717, 1.165) is 25.9 Å². The molecule has 1 rings (SSSR count). The fraction of sp³-hybridized carbons (Fsp3) is 0.900. The van der Waals surface area contributed by atoms with Gasteiger partial charge in [0.05, 0.1) is 0 Å². The van der Waals surface area contributed by atoms with Gasteiger partial charge < -0.3 is 15.5 Å². The minimum atomic E-state index is -4.36. The molecule has 0 aromatic rings. The molecule has 17 heavy (non-hydrogen) atoms. The molecule has 100 valence electrons. The summed E-state index contributed by atoms with van der Waals surface area (Å²) < 4.78 is 35.4. The molecule has 1 atom stereocenters. The summed E-state index contributed by atoms with van der Waals surface area (Å²) in [5.41, 5.74) is 0. The first-order valence-electron chi connectivity index (χ1n) is 5.64. The molecule has 0 aliphatic carbocycles. The molecule has 1 aliphatic heterocycles. The maximum absolute atomic E-state index is 11.8. The highest BCUT2D eigenvalue weighted by molar-refractivity contribution is 5.73. The van der Waals surface area contributed by atoms with E-state index < -0.39 is 18.8 Å². The smallest absolute Gasteiger partial charge is 0.338 e. The average Bonchev–Trinajstić information content (AvgIpc) is 2.23. The van der Waals surface area contributed by atoms with E-state index in [1.807, 2.05) is 7.05 Å². The summed E-state index contributed by atoms with van der Waals surface area (Å²) in [5.74, 6) is 0.324. The van der Waals surface area contributed by atoms with Gasteiger partial charge in [0.1, 0.15) is 6.54 Å². The van der Waals surface area contributed by atoms with E-state index in [2.05, 4.69) is 10.2 Å². The Labute approximate surface area is 98.5 Å². The average molecular weight is 253 g/mol. The molecule has 0 saturated carbocycles. The van der Waals surface area contributed by atoms with Crippen LogP contribution in [0.1, 0.15) is 12.8 Å². The minimum absolute atomic E-state index is 0.324.